The second kappa shape index (κ2) is 4.58. The molecule has 4 heteroatoms. The van der Waals surface area contributed by atoms with Crippen molar-refractivity contribution in [1.82, 2.24) is 4.90 Å². The van der Waals surface area contributed by atoms with Gasteiger partial charge in [0.25, 0.3) is 0 Å². The summed E-state index contributed by atoms with van der Waals surface area (Å²) in [5, 5.41) is 9.29. The number of β-amino-alcohol motifs (C(OH)–C–C–N with tert-alkyl or cyclic N) is 1. The summed E-state index contributed by atoms with van der Waals surface area (Å²) in [5.41, 5.74) is 5.45. The van der Waals surface area contributed by atoms with Gasteiger partial charge < -0.3 is 15.7 Å². The van der Waals surface area contributed by atoms with Gasteiger partial charge in [-0.05, 0) is 19.4 Å². The largest absolute Gasteiger partial charge is 0.391 e. The van der Waals surface area contributed by atoms with Crippen molar-refractivity contribution >= 4 is 5.91 Å². The van der Waals surface area contributed by atoms with Gasteiger partial charge in [-0.25, -0.2) is 0 Å². The van der Waals surface area contributed by atoms with Crippen molar-refractivity contribution in [2.45, 2.75) is 38.3 Å². The lowest BCUT2D eigenvalue weighted by Crippen LogP contribution is -2.37. The summed E-state index contributed by atoms with van der Waals surface area (Å²) < 4.78 is 0. The van der Waals surface area contributed by atoms with E-state index in [-0.39, 0.29) is 18.4 Å². The third-order valence-electron chi connectivity index (χ3n) is 2.55. The van der Waals surface area contributed by atoms with E-state index >= 15 is 0 Å². The van der Waals surface area contributed by atoms with Crippen LogP contribution in [0, 0.1) is 0 Å². The van der Waals surface area contributed by atoms with Crippen LogP contribution in [0.15, 0.2) is 0 Å². The summed E-state index contributed by atoms with van der Waals surface area (Å²) in [6.07, 6.45) is 1.55. The van der Waals surface area contributed by atoms with Crippen LogP contribution >= 0.6 is 0 Å². The second-order valence-corrected chi connectivity index (χ2v) is 3.54. The van der Waals surface area contributed by atoms with Crippen LogP contribution in [-0.2, 0) is 4.79 Å². The summed E-state index contributed by atoms with van der Waals surface area (Å²) in [6.45, 7) is 3.12. The first-order valence-corrected chi connectivity index (χ1v) is 4.86. The molecule has 1 fully saturated rings. The highest BCUT2D eigenvalue weighted by atomic mass is 16.3. The van der Waals surface area contributed by atoms with Crippen molar-refractivity contribution in [3.8, 4) is 0 Å². The highest BCUT2D eigenvalue weighted by molar-refractivity contribution is 5.79. The molecular weight excluding hydrogens is 168 g/mol. The number of hydrogen-bond acceptors (Lipinski definition) is 3. The Morgan fingerprint density at radius 3 is 2.85 bits per heavy atom. The Balaban J connectivity index is 2.53. The second-order valence-electron chi connectivity index (χ2n) is 3.54. The van der Waals surface area contributed by atoms with Gasteiger partial charge in [-0.1, -0.05) is 6.92 Å². The van der Waals surface area contributed by atoms with Crippen LogP contribution in [0.4, 0.5) is 0 Å². The summed E-state index contributed by atoms with van der Waals surface area (Å²) >= 11 is 0. The van der Waals surface area contributed by atoms with Crippen molar-refractivity contribution in [2.24, 2.45) is 5.73 Å². The van der Waals surface area contributed by atoms with Crippen molar-refractivity contribution < 1.29 is 9.90 Å². The van der Waals surface area contributed by atoms with Crippen molar-refractivity contribution in [3.63, 3.8) is 0 Å². The van der Waals surface area contributed by atoms with Gasteiger partial charge >= 0.3 is 0 Å². The first-order valence-electron chi connectivity index (χ1n) is 4.86. The molecule has 1 saturated heterocycles. The molecule has 76 valence electrons. The molecule has 2 atom stereocenters. The monoisotopic (exact) mass is 186 g/mol. The lowest BCUT2D eigenvalue weighted by atomic mass is 10.1. The molecule has 4 nitrogen and oxygen atoms in total. The van der Waals surface area contributed by atoms with Crippen LogP contribution in [-0.4, -0.2) is 41.1 Å². The summed E-state index contributed by atoms with van der Waals surface area (Å²) in [7, 11) is 0. The molecule has 1 aliphatic rings. The van der Waals surface area contributed by atoms with E-state index in [0.29, 0.717) is 13.1 Å². The number of likely N-dealkylation sites (tertiary alicyclic amines) is 1. The van der Waals surface area contributed by atoms with Crippen molar-refractivity contribution in [2.75, 3.05) is 13.1 Å². The molecule has 0 spiro atoms. The number of amides is 1. The maximum absolute atomic E-state index is 11.4. The Hall–Kier alpha value is -0.610. The van der Waals surface area contributed by atoms with E-state index < -0.39 is 6.10 Å². The van der Waals surface area contributed by atoms with E-state index in [9.17, 15) is 9.90 Å². The number of aliphatic hydroxyl groups is 1. The number of rotatable bonds is 4. The average Bonchev–Trinajstić information content (AvgIpc) is 2.41. The van der Waals surface area contributed by atoms with E-state index in [1.54, 1.807) is 4.90 Å². The molecule has 0 radical (unpaired) electrons. The highest BCUT2D eigenvalue weighted by Gasteiger charge is 2.31. The molecule has 3 N–H and O–H groups in total. The fraction of sp³-hybridized carbons (Fsp3) is 0.889. The van der Waals surface area contributed by atoms with Crippen molar-refractivity contribution in [1.29, 1.82) is 0 Å². The first kappa shape index (κ1) is 10.5. The summed E-state index contributed by atoms with van der Waals surface area (Å²) in [6, 6.07) is 0.217. The number of nitrogens with two attached hydrogens (primary N) is 1. The van der Waals surface area contributed by atoms with E-state index in [2.05, 4.69) is 0 Å². The van der Waals surface area contributed by atoms with E-state index in [0.717, 1.165) is 12.8 Å². The summed E-state index contributed by atoms with van der Waals surface area (Å²) in [4.78, 5) is 13.1. The van der Waals surface area contributed by atoms with Crippen molar-refractivity contribution in [3.05, 3.63) is 0 Å². The number of carbonyl (C=O) groups excluding carboxylic acids is 1. The third-order valence-corrected chi connectivity index (χ3v) is 2.55. The molecule has 1 aliphatic heterocycles. The summed E-state index contributed by atoms with van der Waals surface area (Å²) in [5.74, 6) is 0.0628. The minimum atomic E-state index is -0.473. The van der Waals surface area contributed by atoms with Gasteiger partial charge in [-0.15, -0.1) is 0 Å². The van der Waals surface area contributed by atoms with Gasteiger partial charge in [0, 0.05) is 12.6 Å². The quantitative estimate of drug-likeness (QED) is 0.634. The first-order chi connectivity index (χ1) is 6.19. The molecule has 0 bridgehead atoms. The zero-order valence-corrected chi connectivity index (χ0v) is 8.07. The Bertz CT molecular complexity index is 184. The molecule has 2 unspecified atom stereocenters. The molecular formula is C9H18N2O2. The van der Waals surface area contributed by atoms with Gasteiger partial charge in [0.15, 0.2) is 0 Å². The third kappa shape index (κ3) is 2.42. The minimum Gasteiger partial charge on any atom is -0.391 e. The van der Waals surface area contributed by atoms with E-state index in [4.69, 9.17) is 5.73 Å². The van der Waals surface area contributed by atoms with Crippen LogP contribution in [0.5, 0.6) is 0 Å². The molecule has 0 aromatic heterocycles. The Morgan fingerprint density at radius 2 is 2.46 bits per heavy atom. The van der Waals surface area contributed by atoms with Crippen LogP contribution in [0.1, 0.15) is 26.2 Å². The predicted octanol–water partition coefficient (Wildman–Crippen LogP) is -0.293. The molecule has 13 heavy (non-hydrogen) atoms. The lowest BCUT2D eigenvalue weighted by molar-refractivity contribution is -0.129. The standard InChI is InChI=1S/C9H18N2O2/c1-2-7(3-4-10)11-6-8(12)5-9(11)13/h7-8,12H,2-6,10H2,1H3. The highest BCUT2D eigenvalue weighted by Crippen LogP contribution is 2.17. The van der Waals surface area contributed by atoms with Gasteiger partial charge in [-0.3, -0.25) is 4.79 Å². The molecule has 0 saturated carbocycles. The Kier molecular flexibility index (Phi) is 3.69. The average molecular weight is 186 g/mol. The number of nitrogens with zero attached hydrogens (tertiary/aromatic N) is 1. The molecule has 1 heterocycles. The number of hydrogen-bond donors (Lipinski definition) is 2. The Morgan fingerprint density at radius 1 is 1.77 bits per heavy atom. The van der Waals surface area contributed by atoms with Gasteiger partial charge in [0.2, 0.25) is 5.91 Å². The molecule has 1 rings (SSSR count). The molecule has 0 aliphatic carbocycles. The maximum Gasteiger partial charge on any atom is 0.225 e. The molecule has 0 aromatic rings. The van der Waals surface area contributed by atoms with E-state index in [1.165, 1.54) is 0 Å². The number of carbonyl (C=O) groups is 1. The zero-order chi connectivity index (χ0) is 9.84. The Labute approximate surface area is 78.7 Å². The molecule has 0 aromatic carbocycles. The smallest absolute Gasteiger partial charge is 0.225 e. The maximum atomic E-state index is 11.4. The fourth-order valence-corrected chi connectivity index (χ4v) is 1.84. The van der Waals surface area contributed by atoms with Crippen LogP contribution in [0.2, 0.25) is 0 Å². The predicted molar refractivity (Wildman–Crippen MR) is 50.1 cm³/mol. The SMILES string of the molecule is CCC(CCN)N1CC(O)CC1=O. The van der Waals surface area contributed by atoms with Gasteiger partial charge in [0.05, 0.1) is 12.5 Å². The number of aliphatic hydroxyl groups excluding tert-OH is 1. The lowest BCUT2D eigenvalue weighted by Gasteiger charge is -2.26. The fourth-order valence-electron chi connectivity index (χ4n) is 1.84. The zero-order valence-electron chi connectivity index (χ0n) is 8.07. The molecule has 1 amide bonds. The van der Waals surface area contributed by atoms with E-state index in [1.807, 2.05) is 6.92 Å². The minimum absolute atomic E-state index is 0.0628. The van der Waals surface area contributed by atoms with Gasteiger partial charge in [0.1, 0.15) is 0 Å². The van der Waals surface area contributed by atoms with Gasteiger partial charge in [-0.2, -0.15) is 0 Å². The normalized spacial score (nSPS) is 25.3. The van der Waals surface area contributed by atoms with Crippen LogP contribution in [0.25, 0.3) is 0 Å². The topological polar surface area (TPSA) is 66.6 Å². The van der Waals surface area contributed by atoms with Crippen LogP contribution in [0.3, 0.4) is 0 Å². The van der Waals surface area contributed by atoms with Crippen LogP contribution < -0.4 is 5.73 Å².